The van der Waals surface area contributed by atoms with Gasteiger partial charge in [-0.1, -0.05) is 6.92 Å². The van der Waals surface area contributed by atoms with Crippen molar-refractivity contribution in [2.24, 2.45) is 11.7 Å². The molecule has 0 saturated carbocycles. The fourth-order valence-electron chi connectivity index (χ4n) is 3.26. The Morgan fingerprint density at radius 1 is 1.43 bits per heavy atom. The largest absolute Gasteiger partial charge is 0.376 e. The molecule has 0 aromatic heterocycles. The van der Waals surface area contributed by atoms with E-state index in [1.165, 1.54) is 6.42 Å². The average molecular weight is 298 g/mol. The van der Waals surface area contributed by atoms with E-state index in [1.807, 2.05) is 11.8 Å². The van der Waals surface area contributed by atoms with Gasteiger partial charge in [0.05, 0.1) is 12.7 Å². The number of amides is 1. The monoisotopic (exact) mass is 298 g/mol. The summed E-state index contributed by atoms with van der Waals surface area (Å²) >= 11 is 0. The molecule has 2 rings (SSSR count). The van der Waals surface area contributed by atoms with Gasteiger partial charge >= 0.3 is 0 Å². The molecule has 5 heteroatoms. The third-order valence-electron chi connectivity index (χ3n) is 4.69. The second-order valence-electron chi connectivity index (χ2n) is 6.51. The molecule has 0 aliphatic carbocycles. The molecular weight excluding hydrogens is 268 g/mol. The highest BCUT2D eigenvalue weighted by molar-refractivity contribution is 5.81. The van der Waals surface area contributed by atoms with Crippen LogP contribution in [-0.2, 0) is 14.3 Å². The number of nitrogens with zero attached hydrogens (tertiary/aromatic N) is 1. The lowest BCUT2D eigenvalue weighted by atomic mass is 9.92. The molecule has 2 aliphatic heterocycles. The van der Waals surface area contributed by atoms with Gasteiger partial charge in [0.2, 0.25) is 0 Å². The van der Waals surface area contributed by atoms with E-state index in [0.717, 1.165) is 38.8 Å². The van der Waals surface area contributed by atoms with Crippen molar-refractivity contribution >= 4 is 5.91 Å². The van der Waals surface area contributed by atoms with Crippen LogP contribution in [0, 0.1) is 5.92 Å². The second-order valence-corrected chi connectivity index (χ2v) is 6.51. The molecule has 1 amide bonds. The summed E-state index contributed by atoms with van der Waals surface area (Å²) in [5.41, 5.74) is 5.83. The van der Waals surface area contributed by atoms with E-state index in [1.54, 1.807) is 0 Å². The van der Waals surface area contributed by atoms with Gasteiger partial charge in [-0.3, -0.25) is 4.79 Å². The summed E-state index contributed by atoms with van der Waals surface area (Å²) in [4.78, 5) is 14.5. The van der Waals surface area contributed by atoms with E-state index in [-0.39, 0.29) is 18.1 Å². The molecule has 0 spiro atoms. The van der Waals surface area contributed by atoms with Gasteiger partial charge in [-0.05, 0) is 44.9 Å². The molecule has 0 aromatic rings. The standard InChI is InChI=1S/C16H30N2O3/c1-12-6-7-18(14(9-12)10-17)16(19)13(2)21-11-15-5-3-4-8-20-15/h12-15H,3-11,17H2,1-2H3. The SMILES string of the molecule is CC1CCN(C(=O)C(C)OCC2CCCCO2)C(CN)C1. The summed E-state index contributed by atoms with van der Waals surface area (Å²) in [6.07, 6.45) is 5.17. The number of likely N-dealkylation sites (tertiary alicyclic amines) is 1. The lowest BCUT2D eigenvalue weighted by Gasteiger charge is -2.39. The minimum Gasteiger partial charge on any atom is -0.376 e. The van der Waals surface area contributed by atoms with Crippen molar-refractivity contribution in [1.82, 2.24) is 4.90 Å². The lowest BCUT2D eigenvalue weighted by molar-refractivity contribution is -0.150. The van der Waals surface area contributed by atoms with Crippen LogP contribution >= 0.6 is 0 Å². The molecule has 0 radical (unpaired) electrons. The Bertz CT molecular complexity index is 331. The minimum absolute atomic E-state index is 0.0770. The number of piperidine rings is 1. The summed E-state index contributed by atoms with van der Waals surface area (Å²) < 4.78 is 11.4. The van der Waals surface area contributed by atoms with Gasteiger partial charge in [0.1, 0.15) is 6.10 Å². The number of rotatable bonds is 5. The molecule has 0 aromatic carbocycles. The molecule has 2 fully saturated rings. The van der Waals surface area contributed by atoms with Gasteiger partial charge < -0.3 is 20.1 Å². The van der Waals surface area contributed by atoms with Gasteiger partial charge in [-0.2, -0.15) is 0 Å². The van der Waals surface area contributed by atoms with Gasteiger partial charge in [0.25, 0.3) is 5.91 Å². The first kappa shape index (κ1) is 16.7. The average Bonchev–Trinajstić information content (AvgIpc) is 2.52. The predicted octanol–water partition coefficient (Wildman–Crippen LogP) is 1.55. The van der Waals surface area contributed by atoms with E-state index >= 15 is 0 Å². The highest BCUT2D eigenvalue weighted by Gasteiger charge is 2.32. The Hall–Kier alpha value is -0.650. The van der Waals surface area contributed by atoms with Crippen LogP contribution in [0.25, 0.3) is 0 Å². The van der Waals surface area contributed by atoms with Gasteiger partial charge in [0.15, 0.2) is 0 Å². The molecule has 2 heterocycles. The topological polar surface area (TPSA) is 64.8 Å². The summed E-state index contributed by atoms with van der Waals surface area (Å²) in [6, 6.07) is 0.165. The Morgan fingerprint density at radius 3 is 2.90 bits per heavy atom. The third-order valence-corrected chi connectivity index (χ3v) is 4.69. The number of ether oxygens (including phenoxy) is 2. The van der Waals surface area contributed by atoms with Crippen molar-refractivity contribution in [1.29, 1.82) is 0 Å². The lowest BCUT2D eigenvalue weighted by Crippen LogP contribution is -2.52. The number of carbonyl (C=O) groups is 1. The molecular formula is C16H30N2O3. The Balaban J connectivity index is 1.80. The molecule has 4 unspecified atom stereocenters. The minimum atomic E-state index is -0.405. The van der Waals surface area contributed by atoms with Crippen molar-refractivity contribution in [3.05, 3.63) is 0 Å². The van der Waals surface area contributed by atoms with E-state index in [2.05, 4.69) is 6.92 Å². The molecule has 2 N–H and O–H groups in total. The first-order valence-electron chi connectivity index (χ1n) is 8.35. The van der Waals surface area contributed by atoms with Crippen LogP contribution in [0.4, 0.5) is 0 Å². The van der Waals surface area contributed by atoms with Crippen molar-refractivity contribution in [3.8, 4) is 0 Å². The maximum atomic E-state index is 12.6. The second kappa shape index (κ2) is 8.11. The third kappa shape index (κ3) is 4.66. The molecule has 2 aliphatic rings. The zero-order valence-corrected chi connectivity index (χ0v) is 13.4. The van der Waals surface area contributed by atoms with E-state index in [0.29, 0.717) is 19.1 Å². The van der Waals surface area contributed by atoms with E-state index < -0.39 is 6.10 Å². The quantitative estimate of drug-likeness (QED) is 0.836. The Labute approximate surface area is 128 Å². The molecule has 0 bridgehead atoms. The predicted molar refractivity (Wildman–Crippen MR) is 82.0 cm³/mol. The van der Waals surface area contributed by atoms with Crippen LogP contribution in [0.15, 0.2) is 0 Å². The zero-order chi connectivity index (χ0) is 15.2. The van der Waals surface area contributed by atoms with Crippen LogP contribution in [0.3, 0.4) is 0 Å². The van der Waals surface area contributed by atoms with E-state index in [4.69, 9.17) is 15.2 Å². The van der Waals surface area contributed by atoms with Crippen LogP contribution in [0.5, 0.6) is 0 Å². The summed E-state index contributed by atoms with van der Waals surface area (Å²) in [6.45, 7) is 6.74. The van der Waals surface area contributed by atoms with Crippen molar-refractivity contribution in [2.45, 2.75) is 64.2 Å². The van der Waals surface area contributed by atoms with E-state index in [9.17, 15) is 4.79 Å². The first-order valence-corrected chi connectivity index (χ1v) is 8.35. The number of carbonyl (C=O) groups excluding carboxylic acids is 1. The first-order chi connectivity index (χ1) is 10.1. The van der Waals surface area contributed by atoms with Gasteiger partial charge in [-0.25, -0.2) is 0 Å². The fourth-order valence-corrected chi connectivity index (χ4v) is 3.26. The van der Waals surface area contributed by atoms with Crippen molar-refractivity contribution in [2.75, 3.05) is 26.3 Å². The summed E-state index contributed by atoms with van der Waals surface area (Å²) in [7, 11) is 0. The molecule has 5 nitrogen and oxygen atoms in total. The fraction of sp³-hybridized carbons (Fsp3) is 0.938. The highest BCUT2D eigenvalue weighted by Crippen LogP contribution is 2.23. The number of hydrogen-bond acceptors (Lipinski definition) is 4. The van der Waals surface area contributed by atoms with Crippen LogP contribution in [0.1, 0.15) is 46.0 Å². The van der Waals surface area contributed by atoms with Crippen LogP contribution < -0.4 is 5.73 Å². The zero-order valence-electron chi connectivity index (χ0n) is 13.4. The number of nitrogens with two attached hydrogens (primary N) is 1. The summed E-state index contributed by atoms with van der Waals surface area (Å²) in [5, 5.41) is 0. The van der Waals surface area contributed by atoms with Crippen LogP contribution in [-0.4, -0.2) is 55.4 Å². The van der Waals surface area contributed by atoms with Gasteiger partial charge in [-0.15, -0.1) is 0 Å². The van der Waals surface area contributed by atoms with Crippen molar-refractivity contribution in [3.63, 3.8) is 0 Å². The Morgan fingerprint density at radius 2 is 2.24 bits per heavy atom. The highest BCUT2D eigenvalue weighted by atomic mass is 16.5. The van der Waals surface area contributed by atoms with Crippen molar-refractivity contribution < 1.29 is 14.3 Å². The molecule has 4 atom stereocenters. The molecule has 21 heavy (non-hydrogen) atoms. The van der Waals surface area contributed by atoms with Gasteiger partial charge in [0, 0.05) is 25.7 Å². The maximum absolute atomic E-state index is 12.6. The molecule has 2 saturated heterocycles. The maximum Gasteiger partial charge on any atom is 0.251 e. The normalized spacial score (nSPS) is 32.0. The smallest absolute Gasteiger partial charge is 0.251 e. The molecule has 122 valence electrons. The number of hydrogen-bond donors (Lipinski definition) is 1. The summed E-state index contributed by atoms with van der Waals surface area (Å²) in [5.74, 6) is 0.725. The van der Waals surface area contributed by atoms with Crippen LogP contribution in [0.2, 0.25) is 0 Å². The Kier molecular flexibility index (Phi) is 6.45.